The Balaban J connectivity index is 2.44. The lowest BCUT2D eigenvalue weighted by Crippen LogP contribution is -2.13. The van der Waals surface area contributed by atoms with Crippen molar-refractivity contribution in [1.82, 2.24) is 0 Å². The Labute approximate surface area is 122 Å². The van der Waals surface area contributed by atoms with Crippen molar-refractivity contribution in [3.8, 4) is 0 Å². The molecule has 0 aliphatic rings. The van der Waals surface area contributed by atoms with E-state index in [1.807, 2.05) is 0 Å². The number of nitrogens with two attached hydrogens (primary N) is 1. The number of thiocarbonyl (C=S) groups is 1. The third-order valence-corrected chi connectivity index (χ3v) is 3.33. The first-order valence-corrected chi connectivity index (χ1v) is 6.49. The van der Waals surface area contributed by atoms with Gasteiger partial charge in [0.2, 0.25) is 0 Å². The van der Waals surface area contributed by atoms with Gasteiger partial charge in [-0.1, -0.05) is 18.3 Å². The highest BCUT2D eigenvalue weighted by Crippen LogP contribution is 2.28. The van der Waals surface area contributed by atoms with E-state index in [9.17, 15) is 8.78 Å². The summed E-state index contributed by atoms with van der Waals surface area (Å²) >= 11 is 8.29. The summed E-state index contributed by atoms with van der Waals surface area (Å²) in [7, 11) is 0. The number of benzene rings is 2. The monoisotopic (exact) mass is 342 g/mol. The molecule has 19 heavy (non-hydrogen) atoms. The predicted molar refractivity (Wildman–Crippen MR) is 79.7 cm³/mol. The summed E-state index contributed by atoms with van der Waals surface area (Å²) in [6.07, 6.45) is 0. The molecule has 0 bridgehead atoms. The Kier molecular flexibility index (Phi) is 4.11. The fourth-order valence-electron chi connectivity index (χ4n) is 1.61. The van der Waals surface area contributed by atoms with E-state index in [2.05, 4.69) is 21.2 Å². The Morgan fingerprint density at radius 2 is 1.89 bits per heavy atom. The summed E-state index contributed by atoms with van der Waals surface area (Å²) < 4.78 is 27.1. The standard InChI is InChI=1S/C13H9BrF2N2S/c14-8-2-1-3-11(12(8)13(17)19)18-10-5-4-7(15)6-9(10)16/h1-6,18H,(H2,17,19). The van der Waals surface area contributed by atoms with Crippen molar-refractivity contribution in [3.63, 3.8) is 0 Å². The highest BCUT2D eigenvalue weighted by molar-refractivity contribution is 9.10. The molecule has 2 aromatic rings. The number of nitrogens with one attached hydrogen (secondary N) is 1. The summed E-state index contributed by atoms with van der Waals surface area (Å²) in [4.78, 5) is 0.178. The van der Waals surface area contributed by atoms with Gasteiger partial charge in [-0.15, -0.1) is 0 Å². The van der Waals surface area contributed by atoms with Crippen LogP contribution in [0.15, 0.2) is 40.9 Å². The third-order valence-electron chi connectivity index (χ3n) is 2.46. The summed E-state index contributed by atoms with van der Waals surface area (Å²) in [5.41, 5.74) is 6.91. The maximum Gasteiger partial charge on any atom is 0.149 e. The number of hydrogen-bond donors (Lipinski definition) is 2. The van der Waals surface area contributed by atoms with Crippen LogP contribution in [0.2, 0.25) is 0 Å². The largest absolute Gasteiger partial charge is 0.389 e. The van der Waals surface area contributed by atoms with Crippen molar-refractivity contribution >= 4 is 44.5 Å². The van der Waals surface area contributed by atoms with Crippen LogP contribution in [0, 0.1) is 11.6 Å². The van der Waals surface area contributed by atoms with E-state index in [1.165, 1.54) is 12.1 Å². The van der Waals surface area contributed by atoms with Gasteiger partial charge in [-0.05, 0) is 40.2 Å². The minimum Gasteiger partial charge on any atom is -0.389 e. The summed E-state index contributed by atoms with van der Waals surface area (Å²) in [5, 5.41) is 2.85. The molecule has 2 nitrogen and oxygen atoms in total. The smallest absolute Gasteiger partial charge is 0.149 e. The van der Waals surface area contributed by atoms with Crippen LogP contribution in [0.4, 0.5) is 20.2 Å². The van der Waals surface area contributed by atoms with Gasteiger partial charge in [0, 0.05) is 21.8 Å². The van der Waals surface area contributed by atoms with E-state index >= 15 is 0 Å². The third kappa shape index (κ3) is 3.08. The molecule has 0 heterocycles. The van der Waals surface area contributed by atoms with Crippen LogP contribution in [-0.2, 0) is 0 Å². The fraction of sp³-hybridized carbons (Fsp3) is 0. The lowest BCUT2D eigenvalue weighted by atomic mass is 10.1. The van der Waals surface area contributed by atoms with E-state index in [4.69, 9.17) is 18.0 Å². The zero-order valence-corrected chi connectivity index (χ0v) is 12.0. The van der Waals surface area contributed by atoms with Crippen LogP contribution >= 0.6 is 28.1 Å². The molecule has 0 saturated carbocycles. The van der Waals surface area contributed by atoms with Gasteiger partial charge in [-0.2, -0.15) is 0 Å². The molecule has 0 aliphatic carbocycles. The van der Waals surface area contributed by atoms with Crippen molar-refractivity contribution in [2.24, 2.45) is 5.73 Å². The first-order valence-electron chi connectivity index (χ1n) is 5.29. The van der Waals surface area contributed by atoms with Gasteiger partial charge in [0.1, 0.15) is 16.6 Å². The number of halogens is 3. The van der Waals surface area contributed by atoms with Crippen LogP contribution in [0.1, 0.15) is 5.56 Å². The van der Waals surface area contributed by atoms with Crippen molar-refractivity contribution in [2.75, 3.05) is 5.32 Å². The molecule has 0 spiro atoms. The second-order valence-electron chi connectivity index (χ2n) is 3.78. The highest BCUT2D eigenvalue weighted by Gasteiger charge is 2.11. The Bertz CT molecular complexity index is 647. The summed E-state index contributed by atoms with van der Waals surface area (Å²) in [6.45, 7) is 0. The molecule has 0 unspecified atom stereocenters. The summed E-state index contributed by atoms with van der Waals surface area (Å²) in [5.74, 6) is -1.32. The first kappa shape index (κ1) is 13.9. The molecule has 0 radical (unpaired) electrons. The number of hydrogen-bond acceptors (Lipinski definition) is 2. The van der Waals surface area contributed by atoms with E-state index in [0.29, 0.717) is 15.7 Å². The molecule has 0 amide bonds. The quantitative estimate of drug-likeness (QED) is 0.824. The van der Waals surface area contributed by atoms with Crippen molar-refractivity contribution in [1.29, 1.82) is 0 Å². The van der Waals surface area contributed by atoms with Gasteiger partial charge >= 0.3 is 0 Å². The molecule has 2 rings (SSSR count). The van der Waals surface area contributed by atoms with Gasteiger partial charge in [-0.3, -0.25) is 0 Å². The molecule has 2 aromatic carbocycles. The molecular formula is C13H9BrF2N2S. The molecule has 0 saturated heterocycles. The number of anilines is 2. The second kappa shape index (κ2) is 5.63. The molecule has 3 N–H and O–H groups in total. The van der Waals surface area contributed by atoms with Crippen molar-refractivity contribution in [3.05, 3.63) is 58.1 Å². The SMILES string of the molecule is NC(=S)c1c(Br)cccc1Nc1ccc(F)cc1F. The maximum absolute atomic E-state index is 13.6. The molecule has 6 heteroatoms. The topological polar surface area (TPSA) is 38.0 Å². The lowest BCUT2D eigenvalue weighted by molar-refractivity contribution is 0.586. The van der Waals surface area contributed by atoms with Crippen LogP contribution in [0.25, 0.3) is 0 Å². The Hall–Kier alpha value is -1.53. The number of rotatable bonds is 3. The Morgan fingerprint density at radius 3 is 2.53 bits per heavy atom. The zero-order valence-electron chi connectivity index (χ0n) is 9.58. The van der Waals surface area contributed by atoms with E-state index in [0.717, 1.165) is 6.07 Å². The van der Waals surface area contributed by atoms with Crippen LogP contribution in [0.3, 0.4) is 0 Å². The second-order valence-corrected chi connectivity index (χ2v) is 5.07. The molecule has 0 atom stereocenters. The predicted octanol–water partition coefficient (Wildman–Crippen LogP) is 4.11. The van der Waals surface area contributed by atoms with Gasteiger partial charge in [0.05, 0.1) is 5.69 Å². The molecular weight excluding hydrogens is 334 g/mol. The highest BCUT2D eigenvalue weighted by atomic mass is 79.9. The van der Waals surface area contributed by atoms with Gasteiger partial charge < -0.3 is 11.1 Å². The minimum absolute atomic E-state index is 0.150. The van der Waals surface area contributed by atoms with Crippen LogP contribution in [-0.4, -0.2) is 4.99 Å². The summed E-state index contributed by atoms with van der Waals surface area (Å²) in [6, 6.07) is 8.54. The fourth-order valence-corrected chi connectivity index (χ4v) is 2.55. The Morgan fingerprint density at radius 1 is 1.16 bits per heavy atom. The van der Waals surface area contributed by atoms with E-state index in [-0.39, 0.29) is 10.7 Å². The van der Waals surface area contributed by atoms with Gasteiger partial charge in [0.25, 0.3) is 0 Å². The molecule has 0 aromatic heterocycles. The average molecular weight is 343 g/mol. The minimum atomic E-state index is -0.686. The zero-order chi connectivity index (χ0) is 14.0. The van der Waals surface area contributed by atoms with Crippen LogP contribution < -0.4 is 11.1 Å². The molecule has 98 valence electrons. The van der Waals surface area contributed by atoms with Gasteiger partial charge in [-0.25, -0.2) is 8.78 Å². The normalized spacial score (nSPS) is 10.3. The van der Waals surface area contributed by atoms with Crippen molar-refractivity contribution < 1.29 is 8.78 Å². The van der Waals surface area contributed by atoms with Crippen molar-refractivity contribution in [2.45, 2.75) is 0 Å². The lowest BCUT2D eigenvalue weighted by Gasteiger charge is -2.13. The van der Waals surface area contributed by atoms with E-state index in [1.54, 1.807) is 18.2 Å². The molecule has 0 aliphatic heterocycles. The van der Waals surface area contributed by atoms with E-state index < -0.39 is 11.6 Å². The molecule has 0 fully saturated rings. The first-order chi connectivity index (χ1) is 8.99. The average Bonchev–Trinajstić information content (AvgIpc) is 2.32. The maximum atomic E-state index is 13.6. The van der Waals surface area contributed by atoms with Crippen LogP contribution in [0.5, 0.6) is 0 Å². The van der Waals surface area contributed by atoms with Gasteiger partial charge in [0.15, 0.2) is 0 Å².